The van der Waals surface area contributed by atoms with E-state index in [2.05, 4.69) is 54.9 Å². The smallest absolute Gasteiger partial charge is 0.200 e. The predicted molar refractivity (Wildman–Crippen MR) is 127 cm³/mol. The van der Waals surface area contributed by atoms with Crippen molar-refractivity contribution in [3.63, 3.8) is 0 Å². The molecule has 0 radical (unpaired) electrons. The van der Waals surface area contributed by atoms with E-state index >= 15 is 0 Å². The van der Waals surface area contributed by atoms with Crippen LogP contribution in [-0.4, -0.2) is 0 Å². The molecule has 0 amide bonds. The Kier molecular flexibility index (Phi) is 5.29. The lowest BCUT2D eigenvalue weighted by molar-refractivity contribution is -0.659. The average molecular weight is 400 g/mol. The Morgan fingerprint density at radius 1 is 0.833 bits per heavy atom. The lowest BCUT2D eigenvalue weighted by atomic mass is 9.76. The van der Waals surface area contributed by atoms with Gasteiger partial charge in [0.1, 0.15) is 8.42 Å². The van der Waals surface area contributed by atoms with Gasteiger partial charge in [-0.2, -0.15) is 0 Å². The molecule has 3 aromatic rings. The molecule has 0 N–H and O–H groups in total. The van der Waals surface area contributed by atoms with Gasteiger partial charge in [0, 0.05) is 6.07 Å². The van der Waals surface area contributed by atoms with Crippen molar-refractivity contribution in [2.24, 2.45) is 7.05 Å². The van der Waals surface area contributed by atoms with Gasteiger partial charge in [-0.3, -0.25) is 0 Å². The second kappa shape index (κ2) is 8.53. The van der Waals surface area contributed by atoms with Crippen molar-refractivity contribution < 1.29 is 5.94 Å². The summed E-state index contributed by atoms with van der Waals surface area (Å²) >= 11 is 0. The Bertz CT molecular complexity index is 1090. The molecule has 0 atom stereocenters. The van der Waals surface area contributed by atoms with Gasteiger partial charge in [-0.1, -0.05) is 62.8 Å². The standard InChI is InChI=1S/C29H36N/c1-21-27(23-13-7-4-8-14-23)19-25(22-11-5-3-6-12-22)20-28(21)29-26-16-10-9-15-24(26)17-18-30(29)2/h9-10,15-20,22-23H,3-8,11-14H2,1-2H3/q+1/i18D. The second-order valence-electron chi connectivity index (χ2n) is 9.72. The van der Waals surface area contributed by atoms with Gasteiger partial charge < -0.3 is 0 Å². The van der Waals surface area contributed by atoms with Crippen LogP contribution in [-0.2, 0) is 7.05 Å². The van der Waals surface area contributed by atoms with E-state index in [1.165, 1.54) is 91.8 Å². The summed E-state index contributed by atoms with van der Waals surface area (Å²) in [6, 6.07) is 15.7. The van der Waals surface area contributed by atoms with Crippen LogP contribution in [0.15, 0.2) is 48.6 Å². The fourth-order valence-electron chi connectivity index (χ4n) is 6.09. The van der Waals surface area contributed by atoms with Crippen LogP contribution in [0.4, 0.5) is 0 Å². The fourth-order valence-corrected chi connectivity index (χ4v) is 6.09. The zero-order chi connectivity index (χ0) is 21.4. The van der Waals surface area contributed by atoms with Gasteiger partial charge in [0.15, 0.2) is 6.17 Å². The Balaban J connectivity index is 1.75. The monoisotopic (exact) mass is 399 g/mol. The van der Waals surface area contributed by atoms with E-state index in [0.717, 1.165) is 0 Å². The van der Waals surface area contributed by atoms with Gasteiger partial charge in [0.25, 0.3) is 0 Å². The van der Waals surface area contributed by atoms with E-state index in [1.54, 1.807) is 11.1 Å². The van der Waals surface area contributed by atoms with Crippen LogP contribution < -0.4 is 4.57 Å². The Labute approximate surface area is 183 Å². The van der Waals surface area contributed by atoms with Gasteiger partial charge >= 0.3 is 0 Å². The van der Waals surface area contributed by atoms with Gasteiger partial charge in [-0.05, 0) is 78.7 Å². The highest BCUT2D eigenvalue weighted by Crippen LogP contribution is 2.42. The molecule has 0 aliphatic heterocycles. The van der Waals surface area contributed by atoms with Crippen molar-refractivity contribution in [2.75, 3.05) is 0 Å². The minimum Gasteiger partial charge on any atom is -0.200 e. The van der Waals surface area contributed by atoms with E-state index in [4.69, 9.17) is 1.37 Å². The van der Waals surface area contributed by atoms with Crippen molar-refractivity contribution in [3.8, 4) is 11.3 Å². The molecule has 1 aromatic heterocycles. The summed E-state index contributed by atoms with van der Waals surface area (Å²) in [6.07, 6.45) is 14.2. The third kappa shape index (κ3) is 3.68. The number of nitrogens with zero attached hydrogens (tertiary/aromatic N) is 1. The van der Waals surface area contributed by atoms with Crippen LogP contribution in [0.25, 0.3) is 22.0 Å². The molecule has 0 unspecified atom stereocenters. The molecule has 5 rings (SSSR count). The molecule has 1 nitrogen and oxygen atoms in total. The maximum absolute atomic E-state index is 8.62. The first-order chi connectivity index (χ1) is 15.1. The minimum atomic E-state index is 0.579. The summed E-state index contributed by atoms with van der Waals surface area (Å²) < 4.78 is 10.7. The summed E-state index contributed by atoms with van der Waals surface area (Å²) in [7, 11) is 2.07. The van der Waals surface area contributed by atoms with Crippen molar-refractivity contribution in [3.05, 3.63) is 65.3 Å². The van der Waals surface area contributed by atoms with E-state index in [-0.39, 0.29) is 0 Å². The first kappa shape index (κ1) is 18.6. The molecule has 2 saturated carbocycles. The molecule has 2 aromatic carbocycles. The Hall–Kier alpha value is -2.15. The quantitative estimate of drug-likeness (QED) is 0.397. The third-order valence-corrected chi connectivity index (χ3v) is 7.81. The lowest BCUT2D eigenvalue weighted by Crippen LogP contribution is -2.31. The first-order valence-corrected chi connectivity index (χ1v) is 12.2. The molecule has 2 aliphatic carbocycles. The molecular formula is C29H36N+. The van der Waals surface area contributed by atoms with Crippen LogP contribution in [0.2, 0.25) is 0 Å². The number of fused-ring (bicyclic) bond motifs is 1. The summed E-state index contributed by atoms with van der Waals surface area (Å²) in [5.41, 5.74) is 7.17. The van der Waals surface area contributed by atoms with E-state index < -0.39 is 0 Å². The molecule has 1 heterocycles. The fraction of sp³-hybridized carbons (Fsp3) is 0.483. The molecule has 0 spiro atoms. The van der Waals surface area contributed by atoms with Gasteiger partial charge in [0.05, 0.1) is 10.9 Å². The van der Waals surface area contributed by atoms with Crippen LogP contribution >= 0.6 is 0 Å². The molecule has 0 bridgehead atoms. The summed E-state index contributed by atoms with van der Waals surface area (Å²) in [4.78, 5) is 0. The van der Waals surface area contributed by atoms with E-state index in [0.29, 0.717) is 18.0 Å². The van der Waals surface area contributed by atoms with Gasteiger partial charge in [-0.15, -0.1) is 0 Å². The summed E-state index contributed by atoms with van der Waals surface area (Å²) in [5.74, 6) is 1.40. The Morgan fingerprint density at radius 2 is 1.50 bits per heavy atom. The summed E-state index contributed by atoms with van der Waals surface area (Å²) in [5, 5.41) is 2.43. The lowest BCUT2D eigenvalue weighted by Gasteiger charge is -2.28. The third-order valence-electron chi connectivity index (χ3n) is 7.81. The largest absolute Gasteiger partial charge is 0.220 e. The number of hydrogen-bond acceptors (Lipinski definition) is 0. The number of hydrogen-bond donors (Lipinski definition) is 0. The molecule has 30 heavy (non-hydrogen) atoms. The highest BCUT2D eigenvalue weighted by atomic mass is 14.9. The van der Waals surface area contributed by atoms with Crippen molar-refractivity contribution in [1.29, 1.82) is 0 Å². The number of aromatic nitrogens is 1. The first-order valence-electron chi connectivity index (χ1n) is 12.7. The molecular weight excluding hydrogens is 362 g/mol. The maximum atomic E-state index is 8.62. The molecule has 156 valence electrons. The summed E-state index contributed by atoms with van der Waals surface area (Å²) in [6.45, 7) is 2.34. The van der Waals surface area contributed by atoms with Crippen molar-refractivity contribution in [1.82, 2.24) is 0 Å². The molecule has 2 fully saturated rings. The average Bonchev–Trinajstić information content (AvgIpc) is 2.82. The van der Waals surface area contributed by atoms with E-state index in [9.17, 15) is 0 Å². The molecule has 1 heteroatoms. The van der Waals surface area contributed by atoms with Gasteiger partial charge in [0.2, 0.25) is 5.69 Å². The highest BCUT2D eigenvalue weighted by Gasteiger charge is 2.26. The number of benzene rings is 2. The van der Waals surface area contributed by atoms with Crippen molar-refractivity contribution in [2.45, 2.75) is 83.0 Å². The van der Waals surface area contributed by atoms with E-state index in [1.807, 2.05) is 6.07 Å². The topological polar surface area (TPSA) is 3.88 Å². The number of pyridine rings is 1. The predicted octanol–water partition coefficient (Wildman–Crippen LogP) is 7.74. The normalized spacial score (nSPS) is 19.2. The van der Waals surface area contributed by atoms with Crippen molar-refractivity contribution >= 4 is 10.8 Å². The minimum absolute atomic E-state index is 0.579. The van der Waals surface area contributed by atoms with Crippen LogP contribution in [0.1, 0.15) is 94.1 Å². The Morgan fingerprint density at radius 3 is 2.23 bits per heavy atom. The van der Waals surface area contributed by atoms with Crippen LogP contribution in [0.5, 0.6) is 0 Å². The zero-order valence-corrected chi connectivity index (χ0v) is 18.7. The molecule has 2 aliphatic rings. The number of rotatable bonds is 3. The molecule has 0 saturated heterocycles. The SMILES string of the molecule is [2H]c1cc2ccccc2c(-c2cc(C3CCCCC3)cc(C3CCCCC3)c2C)[n+]1C. The van der Waals surface area contributed by atoms with Crippen LogP contribution in [0, 0.1) is 6.92 Å². The highest BCUT2D eigenvalue weighted by molar-refractivity contribution is 5.93. The van der Waals surface area contributed by atoms with Crippen LogP contribution in [0.3, 0.4) is 0 Å². The zero-order valence-electron chi connectivity index (χ0n) is 19.7. The second-order valence-corrected chi connectivity index (χ2v) is 9.72. The van der Waals surface area contributed by atoms with Gasteiger partial charge in [-0.25, -0.2) is 4.57 Å². The maximum Gasteiger partial charge on any atom is 0.220 e.